The fraction of sp³-hybridized carbons (Fsp3) is 0. The minimum absolute atomic E-state index is 0.0337. The zero-order valence-electron chi connectivity index (χ0n) is 18.3. The van der Waals surface area contributed by atoms with E-state index >= 15 is 0 Å². The molecule has 0 fully saturated rings. The second-order valence-electron chi connectivity index (χ2n) is 7.52. The molecule has 4 aromatic rings. The Morgan fingerprint density at radius 3 is 1.38 bits per heavy atom. The third-order valence-electron chi connectivity index (χ3n) is 5.41. The summed E-state index contributed by atoms with van der Waals surface area (Å²) in [6.07, 6.45) is 3.27. The topological polar surface area (TPSA) is 29.1 Å². The Balaban J connectivity index is 1.90. The van der Waals surface area contributed by atoms with Gasteiger partial charge in [-0.25, -0.2) is 0 Å². The lowest BCUT2D eigenvalue weighted by atomic mass is 10.2. The van der Waals surface area contributed by atoms with Crippen molar-refractivity contribution in [1.29, 1.82) is 0 Å². The first-order chi connectivity index (χ1) is 16.6. The first-order valence-electron chi connectivity index (χ1n) is 10.8. The number of benzene rings is 4. The van der Waals surface area contributed by atoms with Gasteiger partial charge in [0.25, 0.3) is 5.91 Å². The molecule has 0 aliphatic heterocycles. The van der Waals surface area contributed by atoms with Crippen LogP contribution >= 0.6 is 30.5 Å². The molecule has 0 saturated heterocycles. The Kier molecular flexibility index (Phi) is 7.98. The molecule has 0 radical (unpaired) electrons. The van der Waals surface area contributed by atoms with Gasteiger partial charge in [-0.3, -0.25) is 10.1 Å². The summed E-state index contributed by atoms with van der Waals surface area (Å²) in [4.78, 5) is 13.1. The van der Waals surface area contributed by atoms with Crippen molar-refractivity contribution in [3.05, 3.63) is 143 Å². The highest BCUT2D eigenvalue weighted by atomic mass is 35.5. The van der Waals surface area contributed by atoms with Crippen LogP contribution in [0.4, 0.5) is 0 Å². The number of carbonyl (C=O) groups excluding carboxylic acids is 1. The number of hydrogen-bond donors (Lipinski definition) is 1. The smallest absolute Gasteiger partial charge is 0.250 e. The molecule has 0 aliphatic rings. The van der Waals surface area contributed by atoms with E-state index in [-0.39, 0.29) is 10.4 Å². The molecule has 1 N–H and O–H groups in total. The standard InChI is InChI=1S/C29H22Cl2NOP/c30-28(31)29(32-27(33)22-21-23-13-5-1-6-14-23)34(24-15-7-2-8-16-24,25-17-9-3-10-18-25)26-19-11-4-12-20-26/h1-22H/p+1. The van der Waals surface area contributed by atoms with E-state index in [0.29, 0.717) is 5.44 Å². The van der Waals surface area contributed by atoms with E-state index in [1.807, 2.05) is 84.9 Å². The summed E-state index contributed by atoms with van der Waals surface area (Å²) in [6.45, 7) is 0. The van der Waals surface area contributed by atoms with Gasteiger partial charge in [-0.15, -0.1) is 0 Å². The van der Waals surface area contributed by atoms with Gasteiger partial charge >= 0.3 is 0 Å². The second kappa shape index (κ2) is 11.3. The van der Waals surface area contributed by atoms with Gasteiger partial charge in [-0.1, -0.05) is 108 Å². The molecule has 168 valence electrons. The van der Waals surface area contributed by atoms with Crippen LogP contribution in [0.3, 0.4) is 0 Å². The summed E-state index contributed by atoms with van der Waals surface area (Å²) in [5, 5.41) is 6.17. The fourth-order valence-corrected chi connectivity index (χ4v) is 8.86. The molecule has 0 saturated carbocycles. The highest BCUT2D eigenvalue weighted by molar-refractivity contribution is 7.99. The normalized spacial score (nSPS) is 11.2. The molecule has 2 nitrogen and oxygen atoms in total. The Labute approximate surface area is 210 Å². The van der Waals surface area contributed by atoms with Crippen LogP contribution in [-0.2, 0) is 4.79 Å². The quantitative estimate of drug-likeness (QED) is 0.229. The third kappa shape index (κ3) is 5.16. The number of rotatable bonds is 7. The Morgan fingerprint density at radius 1 is 0.618 bits per heavy atom. The molecule has 4 rings (SSSR count). The van der Waals surface area contributed by atoms with Gasteiger partial charge in [0.1, 0.15) is 15.9 Å². The number of nitrogens with one attached hydrogen (secondary N) is 1. The van der Waals surface area contributed by atoms with E-state index in [2.05, 4.69) is 41.7 Å². The van der Waals surface area contributed by atoms with Crippen LogP contribution in [0.25, 0.3) is 6.08 Å². The fourth-order valence-electron chi connectivity index (χ4n) is 3.94. The molecular weight excluding hydrogens is 480 g/mol. The van der Waals surface area contributed by atoms with Crippen LogP contribution < -0.4 is 21.2 Å². The Morgan fingerprint density at radius 2 is 1.00 bits per heavy atom. The van der Waals surface area contributed by atoms with E-state index in [0.717, 1.165) is 21.5 Å². The summed E-state index contributed by atoms with van der Waals surface area (Å²) in [7, 11) is -2.62. The van der Waals surface area contributed by atoms with Crippen molar-refractivity contribution < 1.29 is 4.79 Å². The monoisotopic (exact) mass is 502 g/mol. The zero-order valence-corrected chi connectivity index (χ0v) is 20.7. The SMILES string of the molecule is O=C(C=Cc1ccccc1)NC(=C(Cl)Cl)[P+](c1ccccc1)(c1ccccc1)c1ccccc1. The average Bonchev–Trinajstić information content (AvgIpc) is 2.90. The molecule has 0 aliphatic carbocycles. The lowest BCUT2D eigenvalue weighted by molar-refractivity contribution is -0.115. The number of amides is 1. The van der Waals surface area contributed by atoms with E-state index in [9.17, 15) is 4.79 Å². The van der Waals surface area contributed by atoms with E-state index in [4.69, 9.17) is 23.2 Å². The molecule has 0 heterocycles. The summed E-state index contributed by atoms with van der Waals surface area (Å²) in [5.41, 5.74) is 1.43. The van der Waals surface area contributed by atoms with Gasteiger partial charge in [0, 0.05) is 6.08 Å². The lowest BCUT2D eigenvalue weighted by Gasteiger charge is -2.29. The lowest BCUT2D eigenvalue weighted by Crippen LogP contribution is -2.38. The van der Waals surface area contributed by atoms with Gasteiger partial charge in [-0.05, 0) is 48.0 Å². The van der Waals surface area contributed by atoms with Gasteiger partial charge in [0.2, 0.25) is 5.44 Å². The van der Waals surface area contributed by atoms with Crippen LogP contribution in [0.2, 0.25) is 0 Å². The average molecular weight is 503 g/mol. The molecule has 1 amide bonds. The van der Waals surface area contributed by atoms with Crippen molar-refractivity contribution in [1.82, 2.24) is 5.32 Å². The second-order valence-corrected chi connectivity index (χ2v) is 11.8. The third-order valence-corrected chi connectivity index (χ3v) is 10.3. The molecule has 0 atom stereocenters. The van der Waals surface area contributed by atoms with Gasteiger partial charge < -0.3 is 0 Å². The number of halogens is 2. The Hall–Kier alpha value is -3.16. The summed E-state index contributed by atoms with van der Waals surface area (Å²) >= 11 is 13.1. The largest absolute Gasteiger partial charge is 0.290 e. The van der Waals surface area contributed by atoms with Crippen molar-refractivity contribution >= 4 is 58.4 Å². The first kappa shape index (κ1) is 24.0. The molecular formula is C29H23Cl2NOP+. The van der Waals surface area contributed by atoms with Crippen LogP contribution in [-0.4, -0.2) is 5.91 Å². The van der Waals surface area contributed by atoms with Crippen molar-refractivity contribution in [3.8, 4) is 0 Å². The molecule has 0 unspecified atom stereocenters. The Bertz CT molecular complexity index is 1190. The summed E-state index contributed by atoms with van der Waals surface area (Å²) in [5.74, 6) is -0.301. The zero-order chi connectivity index (χ0) is 23.8. The van der Waals surface area contributed by atoms with Crippen LogP contribution in [0.5, 0.6) is 0 Å². The highest BCUT2D eigenvalue weighted by Gasteiger charge is 2.52. The minimum atomic E-state index is -2.62. The molecule has 4 aromatic carbocycles. The van der Waals surface area contributed by atoms with Gasteiger partial charge in [0.05, 0.1) is 0 Å². The van der Waals surface area contributed by atoms with Crippen LogP contribution in [0.1, 0.15) is 5.56 Å². The van der Waals surface area contributed by atoms with Crippen LogP contribution in [0.15, 0.2) is 137 Å². The maximum absolute atomic E-state index is 13.1. The predicted molar refractivity (Wildman–Crippen MR) is 147 cm³/mol. The number of hydrogen-bond acceptors (Lipinski definition) is 1. The molecule has 0 bridgehead atoms. The molecule has 5 heteroatoms. The summed E-state index contributed by atoms with van der Waals surface area (Å²) in [6, 6.07) is 39.9. The van der Waals surface area contributed by atoms with Crippen molar-refractivity contribution in [2.75, 3.05) is 0 Å². The predicted octanol–water partition coefficient (Wildman–Crippen LogP) is 6.41. The van der Waals surface area contributed by atoms with Crippen molar-refractivity contribution in [2.24, 2.45) is 0 Å². The molecule has 34 heavy (non-hydrogen) atoms. The van der Waals surface area contributed by atoms with Crippen molar-refractivity contribution in [2.45, 2.75) is 0 Å². The van der Waals surface area contributed by atoms with Crippen molar-refractivity contribution in [3.63, 3.8) is 0 Å². The molecule has 0 spiro atoms. The maximum Gasteiger partial charge on any atom is 0.250 e. The van der Waals surface area contributed by atoms with Gasteiger partial charge in [-0.2, -0.15) is 0 Å². The van der Waals surface area contributed by atoms with Gasteiger partial charge in [0.15, 0.2) is 11.8 Å². The maximum atomic E-state index is 13.1. The van der Waals surface area contributed by atoms with Crippen LogP contribution in [0, 0.1) is 0 Å². The first-order valence-corrected chi connectivity index (χ1v) is 13.3. The minimum Gasteiger partial charge on any atom is -0.290 e. The van der Waals surface area contributed by atoms with E-state index in [1.54, 1.807) is 6.08 Å². The number of carbonyl (C=O) groups is 1. The van der Waals surface area contributed by atoms with E-state index < -0.39 is 7.26 Å². The molecule has 0 aromatic heterocycles. The summed E-state index contributed by atoms with van der Waals surface area (Å²) < 4.78 is 0.0337. The highest BCUT2D eigenvalue weighted by Crippen LogP contribution is 2.62. The van der Waals surface area contributed by atoms with E-state index in [1.165, 1.54) is 6.08 Å².